The van der Waals surface area contributed by atoms with Crippen LogP contribution in [0.3, 0.4) is 0 Å². The Morgan fingerprint density at radius 3 is 2.55 bits per heavy atom. The quantitative estimate of drug-likeness (QED) is 0.792. The first-order valence-corrected chi connectivity index (χ1v) is 6.97. The van der Waals surface area contributed by atoms with E-state index in [9.17, 15) is 14.7 Å². The molecule has 0 aliphatic heterocycles. The van der Waals surface area contributed by atoms with Crippen molar-refractivity contribution in [2.75, 3.05) is 18.9 Å². The summed E-state index contributed by atoms with van der Waals surface area (Å²) in [4.78, 5) is 23.0. The average molecular weight is 319 g/mol. The van der Waals surface area contributed by atoms with Crippen LogP contribution in [0.4, 0.5) is 5.69 Å². The van der Waals surface area contributed by atoms with Crippen molar-refractivity contribution >= 4 is 29.2 Å². The number of benzene rings is 2. The van der Waals surface area contributed by atoms with Crippen molar-refractivity contribution in [1.29, 1.82) is 0 Å². The van der Waals surface area contributed by atoms with Crippen LogP contribution in [0.1, 0.15) is 10.4 Å². The first-order valence-electron chi connectivity index (χ1n) is 6.59. The van der Waals surface area contributed by atoms with Crippen molar-refractivity contribution in [2.24, 2.45) is 0 Å². The van der Waals surface area contributed by atoms with Gasteiger partial charge in [0, 0.05) is 10.6 Å². The molecular formula is C16H15ClN2O3. The number of likely N-dealkylation sites (N-methyl/N-ethyl adjacent to an activating group) is 1. The van der Waals surface area contributed by atoms with Crippen molar-refractivity contribution in [2.45, 2.75) is 0 Å². The second kappa shape index (κ2) is 7.06. The minimum atomic E-state index is -1.11. The fourth-order valence-electron chi connectivity index (χ4n) is 2.05. The number of carbonyl (C=O) groups is 2. The summed E-state index contributed by atoms with van der Waals surface area (Å²) in [5.74, 6) is -1.42. The van der Waals surface area contributed by atoms with Crippen LogP contribution >= 0.6 is 11.6 Å². The standard InChI is InChI=1S/C16H15ClN2O3/c1-18-9-15(20)19-14-8-10(6-7-12(14)16(21)22)11-4-2-3-5-13(11)17/h2-8,18H,9H2,1H3,(H,19,20)(H,21,22). The van der Waals surface area contributed by atoms with Crippen LogP contribution in [-0.4, -0.2) is 30.6 Å². The van der Waals surface area contributed by atoms with E-state index >= 15 is 0 Å². The molecule has 0 radical (unpaired) electrons. The number of halogens is 1. The Bertz CT molecular complexity index is 716. The van der Waals surface area contributed by atoms with Gasteiger partial charge < -0.3 is 15.7 Å². The molecule has 3 N–H and O–H groups in total. The van der Waals surface area contributed by atoms with Gasteiger partial charge in [-0.1, -0.05) is 35.9 Å². The highest BCUT2D eigenvalue weighted by Gasteiger charge is 2.14. The number of rotatable bonds is 5. The summed E-state index contributed by atoms with van der Waals surface area (Å²) >= 11 is 6.16. The van der Waals surface area contributed by atoms with Gasteiger partial charge in [-0.2, -0.15) is 0 Å². The highest BCUT2D eigenvalue weighted by Crippen LogP contribution is 2.30. The van der Waals surface area contributed by atoms with Crippen molar-refractivity contribution in [3.8, 4) is 11.1 Å². The van der Waals surface area contributed by atoms with E-state index in [1.54, 1.807) is 25.2 Å². The Hall–Kier alpha value is -2.37. The minimum absolute atomic E-state index is 0.0280. The minimum Gasteiger partial charge on any atom is -0.478 e. The van der Waals surface area contributed by atoms with Gasteiger partial charge in [0.15, 0.2) is 0 Å². The molecule has 22 heavy (non-hydrogen) atoms. The first-order chi connectivity index (χ1) is 10.5. The molecule has 0 bridgehead atoms. The molecule has 0 saturated carbocycles. The van der Waals surface area contributed by atoms with Crippen molar-refractivity contribution in [3.63, 3.8) is 0 Å². The molecule has 0 unspecified atom stereocenters. The van der Waals surface area contributed by atoms with Crippen molar-refractivity contribution in [3.05, 3.63) is 53.1 Å². The lowest BCUT2D eigenvalue weighted by Gasteiger charge is -2.11. The zero-order chi connectivity index (χ0) is 16.1. The first kappa shape index (κ1) is 16.0. The number of carboxylic acid groups (broad SMARTS) is 1. The molecular weight excluding hydrogens is 304 g/mol. The normalized spacial score (nSPS) is 10.3. The number of hydrogen-bond donors (Lipinski definition) is 3. The third-order valence-corrected chi connectivity index (χ3v) is 3.38. The van der Waals surface area contributed by atoms with Crippen LogP contribution in [0, 0.1) is 0 Å². The molecule has 2 aromatic carbocycles. The maximum Gasteiger partial charge on any atom is 0.337 e. The van der Waals surface area contributed by atoms with Crippen LogP contribution in [0.2, 0.25) is 5.02 Å². The number of carboxylic acids is 1. The van der Waals surface area contributed by atoms with Gasteiger partial charge in [0.2, 0.25) is 5.91 Å². The van der Waals surface area contributed by atoms with Crippen molar-refractivity contribution < 1.29 is 14.7 Å². The Morgan fingerprint density at radius 1 is 1.18 bits per heavy atom. The third kappa shape index (κ3) is 3.63. The Balaban J connectivity index is 2.45. The number of nitrogens with one attached hydrogen (secondary N) is 2. The zero-order valence-corrected chi connectivity index (χ0v) is 12.6. The Labute approximate surface area is 132 Å². The molecule has 0 aliphatic rings. The molecule has 0 fully saturated rings. The highest BCUT2D eigenvalue weighted by molar-refractivity contribution is 6.33. The smallest absolute Gasteiger partial charge is 0.337 e. The number of hydrogen-bond acceptors (Lipinski definition) is 3. The van der Waals surface area contributed by atoms with Gasteiger partial charge >= 0.3 is 5.97 Å². The molecule has 2 rings (SSSR count). The van der Waals surface area contributed by atoms with Crippen molar-refractivity contribution in [1.82, 2.24) is 5.32 Å². The lowest BCUT2D eigenvalue weighted by molar-refractivity contribution is -0.115. The molecule has 0 heterocycles. The fraction of sp³-hybridized carbons (Fsp3) is 0.125. The average Bonchev–Trinajstić information content (AvgIpc) is 2.47. The molecule has 0 atom stereocenters. The fourth-order valence-corrected chi connectivity index (χ4v) is 2.30. The maximum atomic E-state index is 11.7. The summed E-state index contributed by atoms with van der Waals surface area (Å²) in [6.07, 6.45) is 0. The van der Waals surface area contributed by atoms with Crippen LogP contribution in [-0.2, 0) is 4.79 Å². The molecule has 0 spiro atoms. The largest absolute Gasteiger partial charge is 0.478 e. The molecule has 1 amide bonds. The lowest BCUT2D eigenvalue weighted by Crippen LogP contribution is -2.26. The van der Waals surface area contributed by atoms with E-state index in [2.05, 4.69) is 10.6 Å². The summed E-state index contributed by atoms with van der Waals surface area (Å²) in [5, 5.41) is 15.1. The van der Waals surface area contributed by atoms with Gasteiger partial charge in [-0.05, 0) is 30.8 Å². The van der Waals surface area contributed by atoms with E-state index in [-0.39, 0.29) is 23.7 Å². The van der Waals surface area contributed by atoms with E-state index in [1.807, 2.05) is 18.2 Å². The maximum absolute atomic E-state index is 11.7. The Kier molecular flexibility index (Phi) is 5.14. The SMILES string of the molecule is CNCC(=O)Nc1cc(-c2ccccc2Cl)ccc1C(=O)O. The molecule has 0 aliphatic carbocycles. The summed E-state index contributed by atoms with van der Waals surface area (Å²) < 4.78 is 0. The van der Waals surface area contributed by atoms with Crippen LogP contribution in [0.15, 0.2) is 42.5 Å². The van der Waals surface area contributed by atoms with Gasteiger partial charge in [0.1, 0.15) is 0 Å². The number of amides is 1. The van der Waals surface area contributed by atoms with Crippen LogP contribution < -0.4 is 10.6 Å². The monoisotopic (exact) mass is 318 g/mol. The summed E-state index contributed by atoms with van der Waals surface area (Å²) in [6.45, 7) is 0.0926. The second-order valence-electron chi connectivity index (χ2n) is 4.62. The zero-order valence-electron chi connectivity index (χ0n) is 11.9. The van der Waals surface area contributed by atoms with Gasteiger partial charge in [0.05, 0.1) is 17.8 Å². The molecule has 114 valence electrons. The van der Waals surface area contributed by atoms with E-state index < -0.39 is 5.97 Å². The van der Waals surface area contributed by atoms with E-state index in [1.165, 1.54) is 6.07 Å². The number of anilines is 1. The van der Waals surface area contributed by atoms with Gasteiger partial charge in [0.25, 0.3) is 0 Å². The lowest BCUT2D eigenvalue weighted by atomic mass is 10.0. The second-order valence-corrected chi connectivity index (χ2v) is 5.03. The van der Waals surface area contributed by atoms with Gasteiger partial charge in [-0.15, -0.1) is 0 Å². The van der Waals surface area contributed by atoms with Crippen LogP contribution in [0.25, 0.3) is 11.1 Å². The molecule has 0 saturated heterocycles. The molecule has 6 heteroatoms. The van der Waals surface area contributed by atoms with E-state index in [0.717, 1.165) is 11.1 Å². The number of carbonyl (C=O) groups excluding carboxylic acids is 1. The van der Waals surface area contributed by atoms with Crippen LogP contribution in [0.5, 0.6) is 0 Å². The topological polar surface area (TPSA) is 78.4 Å². The van der Waals surface area contributed by atoms with Gasteiger partial charge in [-0.25, -0.2) is 4.79 Å². The summed E-state index contributed by atoms with van der Waals surface area (Å²) in [6, 6.07) is 12.0. The van der Waals surface area contributed by atoms with E-state index in [0.29, 0.717) is 5.02 Å². The molecule has 5 nitrogen and oxygen atoms in total. The molecule has 0 aromatic heterocycles. The predicted octanol–water partition coefficient (Wildman–Crippen LogP) is 2.86. The summed E-state index contributed by atoms with van der Waals surface area (Å²) in [5.41, 5.74) is 1.77. The third-order valence-electron chi connectivity index (χ3n) is 3.05. The predicted molar refractivity (Wildman–Crippen MR) is 86.4 cm³/mol. The number of aromatic carboxylic acids is 1. The Morgan fingerprint density at radius 2 is 1.91 bits per heavy atom. The van der Waals surface area contributed by atoms with Gasteiger partial charge in [-0.3, -0.25) is 4.79 Å². The van der Waals surface area contributed by atoms with E-state index in [4.69, 9.17) is 11.6 Å². The molecule has 2 aromatic rings. The highest BCUT2D eigenvalue weighted by atomic mass is 35.5. The summed E-state index contributed by atoms with van der Waals surface area (Å²) in [7, 11) is 1.64.